The first-order chi connectivity index (χ1) is 12.1. The third-order valence-electron chi connectivity index (χ3n) is 3.99. The quantitative estimate of drug-likeness (QED) is 0.289. The molecule has 1 heterocycles. The number of carbonyl (C=O) groups excluding carboxylic acids is 2. The van der Waals surface area contributed by atoms with E-state index < -0.39 is 4.92 Å². The molecule has 0 radical (unpaired) electrons. The predicted molar refractivity (Wildman–Crippen MR) is 92.1 cm³/mol. The summed E-state index contributed by atoms with van der Waals surface area (Å²) in [4.78, 5) is 34.9. The van der Waals surface area contributed by atoms with Crippen molar-refractivity contribution in [2.24, 2.45) is 0 Å². The van der Waals surface area contributed by atoms with Gasteiger partial charge in [-0.05, 0) is 12.5 Å². The number of benzene rings is 2. The topological polar surface area (TPSA) is 90.4 Å². The molecule has 126 valence electrons. The first kappa shape index (κ1) is 16.6. The Morgan fingerprint density at radius 2 is 2.00 bits per heavy atom. The van der Waals surface area contributed by atoms with Gasteiger partial charge in [-0.25, -0.2) is 0 Å². The summed E-state index contributed by atoms with van der Waals surface area (Å²) in [5.41, 5.74) is 1.11. The summed E-state index contributed by atoms with van der Waals surface area (Å²) in [6.07, 6.45) is 1.89. The molecule has 6 nitrogen and oxygen atoms in total. The number of hydrogen-bond donors (Lipinski definition) is 0. The molecule has 2 aromatic carbocycles. The maximum Gasteiger partial charge on any atom is 0.270 e. The molecule has 0 aliphatic rings. The fourth-order valence-corrected chi connectivity index (χ4v) is 2.84. The normalized spacial score (nSPS) is 10.8. The number of rotatable bonds is 6. The van der Waals surface area contributed by atoms with E-state index in [4.69, 9.17) is 4.42 Å². The van der Waals surface area contributed by atoms with Crippen LogP contribution in [0.2, 0.25) is 0 Å². The lowest BCUT2D eigenvalue weighted by molar-refractivity contribution is -0.384. The molecule has 0 saturated carbocycles. The van der Waals surface area contributed by atoms with Gasteiger partial charge in [-0.1, -0.05) is 31.2 Å². The number of ketones is 1. The molecule has 3 rings (SSSR count). The fourth-order valence-electron chi connectivity index (χ4n) is 2.84. The maximum atomic E-state index is 13.1. The van der Waals surface area contributed by atoms with E-state index in [0.29, 0.717) is 29.4 Å². The summed E-state index contributed by atoms with van der Waals surface area (Å²) in [5.74, 6) is 0.106. The van der Waals surface area contributed by atoms with Crippen molar-refractivity contribution in [2.75, 3.05) is 0 Å². The fraction of sp³-hybridized carbons (Fsp3) is 0.158. The Labute approximate surface area is 143 Å². The number of carbonyl (C=O) groups is 2. The Hall–Kier alpha value is -3.28. The summed E-state index contributed by atoms with van der Waals surface area (Å²) in [6, 6.07) is 10.7. The van der Waals surface area contributed by atoms with Gasteiger partial charge in [0.05, 0.1) is 10.5 Å². The number of aldehydes is 1. The van der Waals surface area contributed by atoms with E-state index in [9.17, 15) is 19.7 Å². The molecule has 0 atom stereocenters. The van der Waals surface area contributed by atoms with E-state index in [1.165, 1.54) is 18.2 Å². The number of furan rings is 1. The minimum absolute atomic E-state index is 0.117. The molecule has 6 heteroatoms. The van der Waals surface area contributed by atoms with E-state index in [2.05, 4.69) is 0 Å². The summed E-state index contributed by atoms with van der Waals surface area (Å²) < 4.78 is 5.76. The van der Waals surface area contributed by atoms with Crippen LogP contribution in [0.25, 0.3) is 11.0 Å². The third kappa shape index (κ3) is 2.94. The summed E-state index contributed by atoms with van der Waals surface area (Å²) in [7, 11) is 0. The number of nitro benzene ring substituents is 1. The molecule has 0 N–H and O–H groups in total. The molecule has 0 amide bonds. The van der Waals surface area contributed by atoms with Gasteiger partial charge < -0.3 is 4.42 Å². The van der Waals surface area contributed by atoms with Crippen LogP contribution in [0.3, 0.4) is 0 Å². The molecular formula is C19H15NO5. The minimum Gasteiger partial charge on any atom is -0.460 e. The van der Waals surface area contributed by atoms with Crippen LogP contribution >= 0.6 is 0 Å². The van der Waals surface area contributed by atoms with E-state index in [1.54, 1.807) is 24.3 Å². The van der Waals surface area contributed by atoms with Gasteiger partial charge in [0.25, 0.3) is 5.69 Å². The lowest BCUT2D eigenvalue weighted by atomic mass is 9.95. The standard InChI is InChI=1S/C19H15NO5/c1-2-5-17-18(19(22)14-7-4-3-6-12(14)11-21)15-10-13(20(23)24)8-9-16(15)25-17/h3-4,6-11H,2,5H2,1H3. The Morgan fingerprint density at radius 1 is 1.24 bits per heavy atom. The highest BCUT2D eigenvalue weighted by Gasteiger charge is 2.24. The minimum atomic E-state index is -0.514. The lowest BCUT2D eigenvalue weighted by Gasteiger charge is -2.05. The average molecular weight is 337 g/mol. The van der Waals surface area contributed by atoms with Gasteiger partial charge in [-0.2, -0.15) is 0 Å². The van der Waals surface area contributed by atoms with Crippen LogP contribution < -0.4 is 0 Å². The molecule has 0 unspecified atom stereocenters. The Bertz CT molecular complexity index is 987. The zero-order chi connectivity index (χ0) is 18.0. The second-order valence-corrected chi connectivity index (χ2v) is 5.62. The largest absolute Gasteiger partial charge is 0.460 e. The van der Waals surface area contributed by atoms with Crippen molar-refractivity contribution < 1.29 is 18.9 Å². The molecule has 0 spiro atoms. The van der Waals surface area contributed by atoms with Crippen molar-refractivity contribution in [1.82, 2.24) is 0 Å². The second kappa shape index (κ2) is 6.68. The number of non-ortho nitro benzene ring substituents is 1. The van der Waals surface area contributed by atoms with Crippen LogP contribution in [0, 0.1) is 10.1 Å². The zero-order valence-corrected chi connectivity index (χ0v) is 13.5. The van der Waals surface area contributed by atoms with Crippen LogP contribution in [0.4, 0.5) is 5.69 Å². The molecule has 3 aromatic rings. The number of nitro groups is 1. The van der Waals surface area contributed by atoms with Gasteiger partial charge in [0.1, 0.15) is 11.3 Å². The highest BCUT2D eigenvalue weighted by molar-refractivity contribution is 6.19. The van der Waals surface area contributed by atoms with Crippen molar-refractivity contribution in [3.63, 3.8) is 0 Å². The molecule has 1 aromatic heterocycles. The molecule has 0 fully saturated rings. The third-order valence-corrected chi connectivity index (χ3v) is 3.99. The van der Waals surface area contributed by atoms with Crippen LogP contribution in [0.1, 0.15) is 45.4 Å². The first-order valence-electron chi connectivity index (χ1n) is 7.85. The van der Waals surface area contributed by atoms with Crippen molar-refractivity contribution in [2.45, 2.75) is 19.8 Å². The summed E-state index contributed by atoms with van der Waals surface area (Å²) in [5, 5.41) is 11.5. The maximum absolute atomic E-state index is 13.1. The Kier molecular flexibility index (Phi) is 4.43. The number of hydrogen-bond acceptors (Lipinski definition) is 5. The van der Waals surface area contributed by atoms with E-state index in [0.717, 1.165) is 6.42 Å². The zero-order valence-electron chi connectivity index (χ0n) is 13.5. The monoisotopic (exact) mass is 337 g/mol. The van der Waals surface area contributed by atoms with Gasteiger partial charge in [0.2, 0.25) is 0 Å². The molecule has 0 saturated heterocycles. The SMILES string of the molecule is CCCc1oc2ccc([N+](=O)[O-])cc2c1C(=O)c1ccccc1C=O. The van der Waals surface area contributed by atoms with Gasteiger partial charge in [-0.3, -0.25) is 19.7 Å². The van der Waals surface area contributed by atoms with Crippen LogP contribution in [-0.4, -0.2) is 17.0 Å². The highest BCUT2D eigenvalue weighted by atomic mass is 16.6. The van der Waals surface area contributed by atoms with Gasteiger partial charge in [-0.15, -0.1) is 0 Å². The predicted octanol–water partition coefficient (Wildman–Crippen LogP) is 4.34. The number of fused-ring (bicyclic) bond motifs is 1. The molecule has 0 aliphatic heterocycles. The molecule has 25 heavy (non-hydrogen) atoms. The first-order valence-corrected chi connectivity index (χ1v) is 7.85. The van der Waals surface area contributed by atoms with Gasteiger partial charge in [0.15, 0.2) is 12.1 Å². The highest BCUT2D eigenvalue weighted by Crippen LogP contribution is 2.32. The van der Waals surface area contributed by atoms with Gasteiger partial charge in [0, 0.05) is 35.1 Å². The van der Waals surface area contributed by atoms with Crippen molar-refractivity contribution in [3.8, 4) is 0 Å². The second-order valence-electron chi connectivity index (χ2n) is 5.62. The van der Waals surface area contributed by atoms with Crippen LogP contribution in [-0.2, 0) is 6.42 Å². The molecular weight excluding hydrogens is 322 g/mol. The smallest absolute Gasteiger partial charge is 0.270 e. The average Bonchev–Trinajstić information content (AvgIpc) is 2.98. The van der Waals surface area contributed by atoms with Crippen LogP contribution in [0.5, 0.6) is 0 Å². The number of aryl methyl sites for hydroxylation is 1. The Morgan fingerprint density at radius 3 is 2.68 bits per heavy atom. The van der Waals surface area contributed by atoms with E-state index >= 15 is 0 Å². The summed E-state index contributed by atoms with van der Waals surface area (Å²) >= 11 is 0. The van der Waals surface area contributed by atoms with Crippen LogP contribution in [0.15, 0.2) is 46.9 Å². The van der Waals surface area contributed by atoms with Gasteiger partial charge >= 0.3 is 0 Å². The van der Waals surface area contributed by atoms with Crippen molar-refractivity contribution >= 4 is 28.7 Å². The van der Waals surface area contributed by atoms with E-state index in [1.807, 2.05) is 6.92 Å². The summed E-state index contributed by atoms with van der Waals surface area (Å²) in [6.45, 7) is 1.95. The van der Waals surface area contributed by atoms with Crippen molar-refractivity contribution in [1.29, 1.82) is 0 Å². The molecule has 0 aliphatic carbocycles. The van der Waals surface area contributed by atoms with Crippen molar-refractivity contribution in [3.05, 3.63) is 75.0 Å². The lowest BCUT2D eigenvalue weighted by Crippen LogP contribution is -2.07. The number of nitrogens with zero attached hydrogens (tertiary/aromatic N) is 1. The Balaban J connectivity index is 2.26. The van der Waals surface area contributed by atoms with E-state index in [-0.39, 0.29) is 28.2 Å². The molecule has 0 bridgehead atoms.